The highest BCUT2D eigenvalue weighted by atomic mass is 16.6. The smallest absolute Gasteiger partial charge is 0.348 e. The molecule has 0 amide bonds. The lowest BCUT2D eigenvalue weighted by molar-refractivity contribution is -0.117. The van der Waals surface area contributed by atoms with Gasteiger partial charge in [0, 0.05) is 0 Å². The maximum absolute atomic E-state index is 10.4. The molecule has 68 valence electrons. The predicted molar refractivity (Wildman–Crippen MR) is 47.8 cm³/mol. The summed E-state index contributed by atoms with van der Waals surface area (Å²) in [5.74, 6) is -0.0306. The molecule has 0 saturated carbocycles. The molecule has 0 bridgehead atoms. The van der Waals surface area contributed by atoms with Crippen molar-refractivity contribution in [3.05, 3.63) is 12.2 Å². The Hall–Kier alpha value is -0.790. The van der Waals surface area contributed by atoms with E-state index in [1.54, 1.807) is 0 Å². The Morgan fingerprint density at radius 2 is 2.08 bits per heavy atom. The molecule has 12 heavy (non-hydrogen) atoms. The van der Waals surface area contributed by atoms with Crippen molar-refractivity contribution in [3.63, 3.8) is 0 Å². The summed E-state index contributed by atoms with van der Waals surface area (Å²) in [4.78, 5) is 10.4. The van der Waals surface area contributed by atoms with Gasteiger partial charge in [-0.2, -0.15) is 0 Å². The normalized spacial score (nSPS) is 21.4. The van der Waals surface area contributed by atoms with Crippen LogP contribution in [-0.4, -0.2) is 12.1 Å². The van der Waals surface area contributed by atoms with Gasteiger partial charge in [0.15, 0.2) is 6.10 Å². The first-order valence-electron chi connectivity index (χ1n) is 4.70. The fraction of sp³-hybridized carbons (Fsp3) is 0.700. The second-order valence-electron chi connectivity index (χ2n) is 3.12. The van der Waals surface area contributed by atoms with Gasteiger partial charge in [0.2, 0.25) is 0 Å². The van der Waals surface area contributed by atoms with E-state index >= 15 is 0 Å². The minimum absolute atomic E-state index is 0.0306. The van der Waals surface area contributed by atoms with Crippen LogP contribution in [0.25, 0.3) is 0 Å². The molecule has 0 aromatic rings. The summed E-state index contributed by atoms with van der Waals surface area (Å²) in [5.41, 5.74) is 0. The molecule has 1 rings (SSSR count). The number of carbonyl (C=O) groups is 1. The van der Waals surface area contributed by atoms with Crippen molar-refractivity contribution in [2.24, 2.45) is 0 Å². The molecular formula is C10H16O2. The third-order valence-corrected chi connectivity index (χ3v) is 1.95. The SMILES string of the molecule is CCCCC=CCCC1OC1=O. The first-order valence-corrected chi connectivity index (χ1v) is 4.70. The quantitative estimate of drug-likeness (QED) is 0.346. The average Bonchev–Trinajstić information content (AvgIpc) is 2.74. The Bertz CT molecular complexity index is 173. The van der Waals surface area contributed by atoms with Gasteiger partial charge >= 0.3 is 5.97 Å². The summed E-state index contributed by atoms with van der Waals surface area (Å²) < 4.78 is 4.67. The van der Waals surface area contributed by atoms with Crippen LogP contribution in [0, 0.1) is 0 Å². The number of cyclic esters (lactones) is 1. The Morgan fingerprint density at radius 3 is 2.67 bits per heavy atom. The van der Waals surface area contributed by atoms with Crippen LogP contribution in [0.3, 0.4) is 0 Å². The van der Waals surface area contributed by atoms with Gasteiger partial charge in [0.05, 0.1) is 0 Å². The molecule has 1 atom stereocenters. The molecule has 0 aromatic heterocycles. The molecule has 0 radical (unpaired) electrons. The number of hydrogen-bond acceptors (Lipinski definition) is 2. The van der Waals surface area contributed by atoms with Gasteiger partial charge in [-0.15, -0.1) is 0 Å². The zero-order valence-electron chi connectivity index (χ0n) is 7.58. The van der Waals surface area contributed by atoms with Crippen molar-refractivity contribution >= 4 is 5.97 Å². The Labute approximate surface area is 73.6 Å². The van der Waals surface area contributed by atoms with Crippen LogP contribution >= 0.6 is 0 Å². The van der Waals surface area contributed by atoms with E-state index in [2.05, 4.69) is 23.8 Å². The summed E-state index contributed by atoms with van der Waals surface area (Å²) in [7, 11) is 0. The van der Waals surface area contributed by atoms with Gasteiger partial charge in [0.1, 0.15) is 0 Å². The van der Waals surface area contributed by atoms with Crippen LogP contribution in [-0.2, 0) is 9.53 Å². The number of rotatable bonds is 6. The maximum atomic E-state index is 10.4. The van der Waals surface area contributed by atoms with Crippen LogP contribution < -0.4 is 0 Å². The summed E-state index contributed by atoms with van der Waals surface area (Å²) >= 11 is 0. The maximum Gasteiger partial charge on any atom is 0.348 e. The van der Waals surface area contributed by atoms with Crippen molar-refractivity contribution in [2.45, 2.75) is 45.1 Å². The molecule has 1 heterocycles. The van der Waals surface area contributed by atoms with Gasteiger partial charge in [-0.25, -0.2) is 4.79 Å². The lowest BCUT2D eigenvalue weighted by Gasteiger charge is -1.88. The van der Waals surface area contributed by atoms with Crippen LogP contribution in [0.1, 0.15) is 39.0 Å². The molecule has 0 N–H and O–H groups in total. The molecular weight excluding hydrogens is 152 g/mol. The molecule has 2 heteroatoms. The Morgan fingerprint density at radius 1 is 1.42 bits per heavy atom. The lowest BCUT2D eigenvalue weighted by Crippen LogP contribution is -1.84. The number of epoxide rings is 1. The summed E-state index contributed by atoms with van der Waals surface area (Å²) in [6, 6.07) is 0. The first kappa shape index (κ1) is 9.30. The van der Waals surface area contributed by atoms with Crippen molar-refractivity contribution in [1.29, 1.82) is 0 Å². The third kappa shape index (κ3) is 3.56. The summed E-state index contributed by atoms with van der Waals surface area (Å²) in [6.45, 7) is 2.19. The third-order valence-electron chi connectivity index (χ3n) is 1.95. The van der Waals surface area contributed by atoms with Gasteiger partial charge in [-0.3, -0.25) is 0 Å². The first-order chi connectivity index (χ1) is 5.84. The van der Waals surface area contributed by atoms with Crippen LogP contribution in [0.2, 0.25) is 0 Å². The van der Waals surface area contributed by atoms with Crippen molar-refractivity contribution in [2.75, 3.05) is 0 Å². The molecule has 1 unspecified atom stereocenters. The van der Waals surface area contributed by atoms with Gasteiger partial charge in [-0.05, 0) is 19.3 Å². The van der Waals surface area contributed by atoms with E-state index in [0.29, 0.717) is 0 Å². The van der Waals surface area contributed by atoms with Crippen molar-refractivity contribution < 1.29 is 9.53 Å². The second-order valence-corrected chi connectivity index (χ2v) is 3.12. The zero-order valence-corrected chi connectivity index (χ0v) is 7.58. The zero-order chi connectivity index (χ0) is 8.81. The minimum atomic E-state index is -0.0687. The van der Waals surface area contributed by atoms with Crippen molar-refractivity contribution in [3.8, 4) is 0 Å². The Kier molecular flexibility index (Phi) is 3.85. The minimum Gasteiger partial charge on any atom is -0.448 e. The number of carbonyl (C=O) groups excluding carboxylic acids is 1. The molecule has 1 saturated heterocycles. The summed E-state index contributed by atoms with van der Waals surface area (Å²) in [6.07, 6.45) is 9.77. The lowest BCUT2D eigenvalue weighted by atomic mass is 10.2. The molecule has 0 aliphatic carbocycles. The Balaban J connectivity index is 1.87. The fourth-order valence-corrected chi connectivity index (χ4v) is 1.09. The molecule has 1 aliphatic heterocycles. The largest absolute Gasteiger partial charge is 0.448 e. The molecule has 1 aliphatic rings. The monoisotopic (exact) mass is 168 g/mol. The number of unbranched alkanes of at least 4 members (excludes halogenated alkanes) is 2. The standard InChI is InChI=1S/C10H16O2/c1-2-3-4-5-6-7-8-9-10(11)12-9/h5-6,9H,2-4,7-8H2,1H3. The highest BCUT2D eigenvalue weighted by Crippen LogP contribution is 2.18. The van der Waals surface area contributed by atoms with E-state index in [9.17, 15) is 4.79 Å². The predicted octanol–water partition coefficient (Wildman–Crippen LogP) is 2.44. The van der Waals surface area contributed by atoms with Crippen molar-refractivity contribution in [1.82, 2.24) is 0 Å². The number of hydrogen-bond donors (Lipinski definition) is 0. The molecule has 1 fully saturated rings. The molecule has 0 aromatic carbocycles. The molecule has 2 nitrogen and oxygen atoms in total. The topological polar surface area (TPSA) is 29.6 Å². The van der Waals surface area contributed by atoms with E-state index in [0.717, 1.165) is 19.3 Å². The van der Waals surface area contributed by atoms with E-state index in [4.69, 9.17) is 0 Å². The van der Waals surface area contributed by atoms with Crippen LogP contribution in [0.4, 0.5) is 0 Å². The molecule has 0 spiro atoms. The average molecular weight is 168 g/mol. The van der Waals surface area contributed by atoms with Crippen LogP contribution in [0.5, 0.6) is 0 Å². The van der Waals surface area contributed by atoms with E-state index in [1.165, 1.54) is 12.8 Å². The summed E-state index contributed by atoms with van der Waals surface area (Å²) in [5, 5.41) is 0. The number of allylic oxidation sites excluding steroid dienone is 2. The van der Waals surface area contributed by atoms with Crippen LogP contribution in [0.15, 0.2) is 12.2 Å². The highest BCUT2D eigenvalue weighted by Gasteiger charge is 2.36. The van der Waals surface area contributed by atoms with Gasteiger partial charge in [-0.1, -0.05) is 31.9 Å². The highest BCUT2D eigenvalue weighted by molar-refractivity contribution is 5.87. The van der Waals surface area contributed by atoms with E-state index in [-0.39, 0.29) is 12.1 Å². The fourth-order valence-electron chi connectivity index (χ4n) is 1.09. The number of ether oxygens (including phenoxy) is 1. The van der Waals surface area contributed by atoms with Gasteiger partial charge < -0.3 is 4.74 Å². The van der Waals surface area contributed by atoms with E-state index < -0.39 is 0 Å². The van der Waals surface area contributed by atoms with Gasteiger partial charge in [0.25, 0.3) is 0 Å². The van der Waals surface area contributed by atoms with E-state index in [1.807, 2.05) is 0 Å². The second kappa shape index (κ2) is 4.96.